The Morgan fingerprint density at radius 3 is 0.912 bits per heavy atom. The van der Waals surface area contributed by atoms with Gasteiger partial charge in [0.05, 0.1) is 98.4 Å². The second-order valence-corrected chi connectivity index (χ2v) is 15.2. The summed E-state index contributed by atoms with van der Waals surface area (Å²) in [5.41, 5.74) is 10.4. The molecule has 0 amide bonds. The average molecular weight is 899 g/mol. The van der Waals surface area contributed by atoms with Crippen LogP contribution in [-0.4, -0.2) is 96.0 Å². The van der Waals surface area contributed by atoms with Crippen LogP contribution in [0.1, 0.15) is 22.3 Å². The first-order valence-corrected chi connectivity index (χ1v) is 22.3. The van der Waals surface area contributed by atoms with E-state index in [4.69, 9.17) is 38.4 Å². The number of rotatable bonds is 4. The number of hydrogen-bond acceptors (Lipinski definition) is 12. The van der Waals surface area contributed by atoms with Crippen LogP contribution in [0.5, 0.6) is 11.5 Å². The van der Waals surface area contributed by atoms with Gasteiger partial charge in [0.1, 0.15) is 24.7 Å². The van der Waals surface area contributed by atoms with Crippen molar-refractivity contribution in [2.24, 2.45) is 0 Å². The molecule has 2 aromatic carbocycles. The summed E-state index contributed by atoms with van der Waals surface area (Å²) in [7, 11) is 0. The molecule has 0 aliphatic carbocycles. The third-order valence-corrected chi connectivity index (χ3v) is 10.4. The van der Waals surface area contributed by atoms with Crippen LogP contribution >= 0.6 is 0 Å². The highest BCUT2D eigenvalue weighted by molar-refractivity contribution is 5.78. The van der Waals surface area contributed by atoms with E-state index in [0.717, 1.165) is 56.2 Å². The molecule has 0 fully saturated rings. The first-order valence-electron chi connectivity index (χ1n) is 22.3. The maximum Gasteiger partial charge on any atom is 0.128 e. The standard InChI is InChI=1S/C56H46N6O6/c1-5-21-57-47(9-1)51-35-43(36-52(61-51)48-10-2-6-22-58-48)15-13-41-17-19-45-46-20-18-42(14-16-44-37-53(49-11-3-7-23-59-49)62-54(38-44)50-12-4-8-24-60-50)40-56(46)68-34-32-66-30-28-64-26-25-63-27-29-65-31-33-67-55(45)39-41/h1-12,17-24,35-40H,25-34H2. The van der Waals surface area contributed by atoms with Gasteiger partial charge < -0.3 is 28.4 Å². The van der Waals surface area contributed by atoms with E-state index in [0.29, 0.717) is 100 Å². The second-order valence-electron chi connectivity index (χ2n) is 15.2. The molecular formula is C56H46N6O6. The maximum atomic E-state index is 6.50. The van der Waals surface area contributed by atoms with E-state index in [-0.39, 0.29) is 0 Å². The van der Waals surface area contributed by atoms with Crippen molar-refractivity contribution in [1.29, 1.82) is 0 Å². The van der Waals surface area contributed by atoms with Crippen molar-refractivity contribution < 1.29 is 28.4 Å². The predicted molar refractivity (Wildman–Crippen MR) is 260 cm³/mol. The third kappa shape index (κ3) is 12.4. The van der Waals surface area contributed by atoms with Crippen molar-refractivity contribution in [3.05, 3.63) is 181 Å². The highest BCUT2D eigenvalue weighted by Gasteiger charge is 2.16. The van der Waals surface area contributed by atoms with E-state index in [2.05, 4.69) is 43.6 Å². The van der Waals surface area contributed by atoms with Gasteiger partial charge in [-0.2, -0.15) is 0 Å². The molecule has 12 nitrogen and oxygen atoms in total. The summed E-state index contributed by atoms with van der Waals surface area (Å²) < 4.78 is 36.1. The fourth-order valence-electron chi connectivity index (χ4n) is 7.14. The summed E-state index contributed by atoms with van der Waals surface area (Å²) in [6.07, 6.45) is 7.00. The zero-order valence-corrected chi connectivity index (χ0v) is 37.2. The van der Waals surface area contributed by atoms with Crippen molar-refractivity contribution in [1.82, 2.24) is 29.9 Å². The summed E-state index contributed by atoms with van der Waals surface area (Å²) in [5, 5.41) is 0. The lowest BCUT2D eigenvalue weighted by atomic mass is 9.99. The normalized spacial score (nSPS) is 13.6. The molecule has 0 bridgehead atoms. The summed E-state index contributed by atoms with van der Waals surface area (Å²) in [6.45, 7) is 3.96. The topological polar surface area (TPSA) is 133 Å². The Labute approximate surface area is 395 Å². The van der Waals surface area contributed by atoms with Crippen molar-refractivity contribution >= 4 is 0 Å². The SMILES string of the molecule is C(#Cc1ccc2c(c1)OCCOCCOCCOCCOCCOc1cc(C#Cc3cc(-c4ccccn4)nc(-c4ccccn4)c3)ccc1-2)c1cc(-c2ccccn2)nc(-c2ccccn2)c1. The Balaban J connectivity index is 1.07. The molecule has 9 rings (SSSR count). The zero-order chi connectivity index (χ0) is 46.0. The van der Waals surface area contributed by atoms with E-state index < -0.39 is 0 Å². The first-order chi connectivity index (χ1) is 33.7. The molecule has 8 aromatic rings. The van der Waals surface area contributed by atoms with Crippen molar-refractivity contribution in [3.8, 4) is 91.9 Å². The minimum atomic E-state index is 0.290. The molecule has 1 aliphatic heterocycles. The zero-order valence-electron chi connectivity index (χ0n) is 37.2. The summed E-state index contributed by atoms with van der Waals surface area (Å²) in [4.78, 5) is 28.0. The molecular weight excluding hydrogens is 853 g/mol. The van der Waals surface area contributed by atoms with Gasteiger partial charge in [0.25, 0.3) is 0 Å². The van der Waals surface area contributed by atoms with Gasteiger partial charge in [-0.15, -0.1) is 0 Å². The first kappa shape index (κ1) is 45.1. The average Bonchev–Trinajstić information content (AvgIpc) is 3.40. The Morgan fingerprint density at radius 2 is 0.603 bits per heavy atom. The molecule has 0 saturated heterocycles. The molecule has 336 valence electrons. The molecule has 0 atom stereocenters. The fourth-order valence-corrected chi connectivity index (χ4v) is 7.14. The second kappa shape index (κ2) is 23.4. The van der Waals surface area contributed by atoms with Crippen LogP contribution in [0.15, 0.2) is 158 Å². The molecule has 0 radical (unpaired) electrons. The van der Waals surface area contributed by atoms with Gasteiger partial charge >= 0.3 is 0 Å². The van der Waals surface area contributed by atoms with Gasteiger partial charge in [-0.05, 0) is 109 Å². The minimum absolute atomic E-state index is 0.290. The lowest BCUT2D eigenvalue weighted by molar-refractivity contribution is -0.00705. The maximum absolute atomic E-state index is 6.50. The number of hydrogen-bond donors (Lipinski definition) is 0. The monoisotopic (exact) mass is 898 g/mol. The summed E-state index contributed by atoms with van der Waals surface area (Å²) >= 11 is 0. The van der Waals surface area contributed by atoms with E-state index in [1.54, 1.807) is 24.8 Å². The lowest BCUT2D eigenvalue weighted by Gasteiger charge is -2.17. The molecule has 1 aliphatic rings. The Kier molecular flexibility index (Phi) is 15.5. The van der Waals surface area contributed by atoms with Gasteiger partial charge in [0, 0.05) is 58.2 Å². The highest BCUT2D eigenvalue weighted by Crippen LogP contribution is 2.38. The van der Waals surface area contributed by atoms with Gasteiger partial charge in [0.15, 0.2) is 0 Å². The Hall–Kier alpha value is -8.10. The molecule has 0 spiro atoms. The quantitative estimate of drug-likeness (QED) is 0.156. The molecule has 6 aromatic heterocycles. The summed E-state index contributed by atoms with van der Waals surface area (Å²) in [6, 6.07) is 42.6. The molecule has 12 heteroatoms. The molecule has 0 N–H and O–H groups in total. The van der Waals surface area contributed by atoms with Crippen LogP contribution in [-0.2, 0) is 18.9 Å². The van der Waals surface area contributed by atoms with E-state index in [9.17, 15) is 0 Å². The smallest absolute Gasteiger partial charge is 0.128 e. The van der Waals surface area contributed by atoms with Gasteiger partial charge in [-0.25, -0.2) is 9.97 Å². The van der Waals surface area contributed by atoms with E-state index in [1.165, 1.54) is 0 Å². The van der Waals surface area contributed by atoms with Crippen molar-refractivity contribution in [2.45, 2.75) is 0 Å². The highest BCUT2D eigenvalue weighted by atomic mass is 16.6. The molecule has 68 heavy (non-hydrogen) atoms. The molecule has 0 unspecified atom stereocenters. The number of benzene rings is 2. The van der Waals surface area contributed by atoms with Crippen molar-refractivity contribution in [3.63, 3.8) is 0 Å². The fraction of sp³-hybridized carbons (Fsp3) is 0.179. The van der Waals surface area contributed by atoms with Crippen LogP contribution in [0.3, 0.4) is 0 Å². The third-order valence-electron chi connectivity index (χ3n) is 10.4. The number of nitrogens with zero attached hydrogens (tertiary/aromatic N) is 6. The Bertz CT molecular complexity index is 2720. The predicted octanol–water partition coefficient (Wildman–Crippen LogP) is 9.03. The van der Waals surface area contributed by atoms with Crippen molar-refractivity contribution in [2.75, 3.05) is 66.1 Å². The Morgan fingerprint density at radius 1 is 0.294 bits per heavy atom. The van der Waals surface area contributed by atoms with Crippen LogP contribution < -0.4 is 9.47 Å². The van der Waals surface area contributed by atoms with Crippen LogP contribution in [0.2, 0.25) is 0 Å². The van der Waals surface area contributed by atoms with E-state index >= 15 is 0 Å². The van der Waals surface area contributed by atoms with Crippen LogP contribution in [0.4, 0.5) is 0 Å². The van der Waals surface area contributed by atoms with Crippen LogP contribution in [0, 0.1) is 23.7 Å². The number of pyridine rings is 6. The largest absolute Gasteiger partial charge is 0.490 e. The van der Waals surface area contributed by atoms with Gasteiger partial charge in [-0.1, -0.05) is 47.9 Å². The van der Waals surface area contributed by atoms with Gasteiger partial charge in [-0.3, -0.25) is 19.9 Å². The molecule has 0 saturated carbocycles. The minimum Gasteiger partial charge on any atom is -0.490 e. The number of aromatic nitrogens is 6. The summed E-state index contributed by atoms with van der Waals surface area (Å²) in [5.74, 6) is 14.7. The van der Waals surface area contributed by atoms with Gasteiger partial charge in [0.2, 0.25) is 0 Å². The van der Waals surface area contributed by atoms with Crippen LogP contribution in [0.25, 0.3) is 56.7 Å². The lowest BCUT2D eigenvalue weighted by Crippen LogP contribution is -2.15. The van der Waals surface area contributed by atoms with E-state index in [1.807, 2.05) is 133 Å². The molecule has 7 heterocycles. The number of fused-ring (bicyclic) bond motifs is 3. The number of ether oxygens (including phenoxy) is 6.